The van der Waals surface area contributed by atoms with Crippen LogP contribution in [0.25, 0.3) is 0 Å². The Hall–Kier alpha value is -1.05. The standard InChI is InChI=1S/C11H18N4O2S/c1-7(2)5-9-14-15-11(18-9)13-10(16)8-6-17-4-3-12-8/h7-8,12H,3-6H2,1-2H3,(H,13,15,16). The number of carbonyl (C=O) groups is 1. The summed E-state index contributed by atoms with van der Waals surface area (Å²) in [5.41, 5.74) is 0. The van der Waals surface area contributed by atoms with E-state index in [9.17, 15) is 4.79 Å². The summed E-state index contributed by atoms with van der Waals surface area (Å²) in [5.74, 6) is 0.428. The third-order valence-corrected chi connectivity index (χ3v) is 3.38. The number of nitrogens with zero attached hydrogens (tertiary/aromatic N) is 2. The summed E-state index contributed by atoms with van der Waals surface area (Å²) in [7, 11) is 0. The van der Waals surface area contributed by atoms with Gasteiger partial charge in [-0.05, 0) is 5.92 Å². The molecule has 1 aromatic rings. The lowest BCUT2D eigenvalue weighted by Crippen LogP contribution is -2.48. The number of aromatic nitrogens is 2. The van der Waals surface area contributed by atoms with Crippen LogP contribution in [-0.4, -0.2) is 41.9 Å². The topological polar surface area (TPSA) is 76.1 Å². The summed E-state index contributed by atoms with van der Waals surface area (Å²) in [4.78, 5) is 11.9. The first-order valence-electron chi connectivity index (χ1n) is 6.09. The molecule has 1 unspecified atom stereocenters. The molecule has 7 heteroatoms. The van der Waals surface area contributed by atoms with Crippen LogP contribution in [0.15, 0.2) is 0 Å². The van der Waals surface area contributed by atoms with E-state index in [2.05, 4.69) is 34.7 Å². The Morgan fingerprint density at radius 1 is 1.61 bits per heavy atom. The van der Waals surface area contributed by atoms with Crippen molar-refractivity contribution in [3.8, 4) is 0 Å². The second-order valence-corrected chi connectivity index (χ2v) is 5.73. The van der Waals surface area contributed by atoms with Gasteiger partial charge in [0.2, 0.25) is 11.0 Å². The molecule has 100 valence electrons. The van der Waals surface area contributed by atoms with E-state index in [1.807, 2.05) is 0 Å². The Balaban J connectivity index is 1.88. The second kappa shape index (κ2) is 6.21. The van der Waals surface area contributed by atoms with Crippen molar-refractivity contribution in [3.05, 3.63) is 5.01 Å². The molecule has 1 saturated heterocycles. The third kappa shape index (κ3) is 3.72. The molecule has 0 bridgehead atoms. The Bertz CT molecular complexity index is 402. The minimum Gasteiger partial charge on any atom is -0.378 e. The van der Waals surface area contributed by atoms with E-state index in [-0.39, 0.29) is 11.9 Å². The maximum absolute atomic E-state index is 11.9. The lowest BCUT2D eigenvalue weighted by molar-refractivity contribution is -0.120. The molecule has 2 heterocycles. The number of carbonyl (C=O) groups excluding carboxylic acids is 1. The number of ether oxygens (including phenoxy) is 1. The number of morpholine rings is 1. The van der Waals surface area contributed by atoms with Crippen molar-refractivity contribution in [1.82, 2.24) is 15.5 Å². The number of anilines is 1. The summed E-state index contributed by atoms with van der Waals surface area (Å²) in [6.45, 7) is 6.02. The average Bonchev–Trinajstić information content (AvgIpc) is 2.76. The van der Waals surface area contributed by atoms with Crippen molar-refractivity contribution in [3.63, 3.8) is 0 Å². The number of hydrogen-bond acceptors (Lipinski definition) is 6. The van der Waals surface area contributed by atoms with Gasteiger partial charge in [-0.15, -0.1) is 10.2 Å². The van der Waals surface area contributed by atoms with Crippen molar-refractivity contribution in [1.29, 1.82) is 0 Å². The molecule has 0 saturated carbocycles. The second-order valence-electron chi connectivity index (χ2n) is 4.67. The molecule has 2 rings (SSSR count). The Morgan fingerprint density at radius 2 is 2.44 bits per heavy atom. The maximum Gasteiger partial charge on any atom is 0.245 e. The highest BCUT2D eigenvalue weighted by Gasteiger charge is 2.22. The quantitative estimate of drug-likeness (QED) is 0.840. The molecule has 0 aromatic carbocycles. The minimum atomic E-state index is -0.295. The molecule has 1 aromatic heterocycles. The van der Waals surface area contributed by atoms with E-state index in [4.69, 9.17) is 4.74 Å². The van der Waals surface area contributed by atoms with Gasteiger partial charge < -0.3 is 10.1 Å². The molecule has 6 nitrogen and oxygen atoms in total. The van der Waals surface area contributed by atoms with Crippen LogP contribution in [0, 0.1) is 5.92 Å². The molecule has 1 fully saturated rings. The van der Waals surface area contributed by atoms with E-state index in [1.165, 1.54) is 11.3 Å². The average molecular weight is 270 g/mol. The van der Waals surface area contributed by atoms with Crippen molar-refractivity contribution in [2.75, 3.05) is 25.1 Å². The third-order valence-electron chi connectivity index (χ3n) is 2.52. The Kier molecular flexibility index (Phi) is 4.62. The summed E-state index contributed by atoms with van der Waals surface area (Å²) < 4.78 is 5.24. The first-order chi connectivity index (χ1) is 8.65. The van der Waals surface area contributed by atoms with E-state index >= 15 is 0 Å². The fourth-order valence-corrected chi connectivity index (χ4v) is 2.62. The normalized spacial score (nSPS) is 20.1. The summed E-state index contributed by atoms with van der Waals surface area (Å²) in [5, 5.41) is 15.4. The molecular weight excluding hydrogens is 252 g/mol. The van der Waals surface area contributed by atoms with Crippen LogP contribution < -0.4 is 10.6 Å². The largest absolute Gasteiger partial charge is 0.378 e. The number of hydrogen-bond donors (Lipinski definition) is 2. The van der Waals surface area contributed by atoms with Gasteiger partial charge >= 0.3 is 0 Å². The van der Waals surface area contributed by atoms with Gasteiger partial charge in [-0.1, -0.05) is 25.2 Å². The fourth-order valence-electron chi connectivity index (χ4n) is 1.66. The molecular formula is C11H18N4O2S. The van der Waals surface area contributed by atoms with Crippen molar-refractivity contribution in [2.24, 2.45) is 5.92 Å². The van der Waals surface area contributed by atoms with E-state index in [1.54, 1.807) is 0 Å². The van der Waals surface area contributed by atoms with Crippen LogP contribution in [0.1, 0.15) is 18.9 Å². The maximum atomic E-state index is 11.9. The minimum absolute atomic E-state index is 0.109. The van der Waals surface area contributed by atoms with E-state index < -0.39 is 0 Å². The van der Waals surface area contributed by atoms with Gasteiger partial charge in [0.1, 0.15) is 11.0 Å². The molecule has 0 aliphatic carbocycles. The monoisotopic (exact) mass is 270 g/mol. The van der Waals surface area contributed by atoms with Crippen LogP contribution >= 0.6 is 11.3 Å². The molecule has 18 heavy (non-hydrogen) atoms. The smallest absolute Gasteiger partial charge is 0.245 e. The molecule has 0 spiro atoms. The van der Waals surface area contributed by atoms with Gasteiger partial charge in [0.15, 0.2) is 0 Å². The molecule has 1 aliphatic rings. The Labute approximate surface area is 110 Å². The first kappa shape index (κ1) is 13.4. The van der Waals surface area contributed by atoms with Gasteiger partial charge in [-0.3, -0.25) is 10.1 Å². The number of rotatable bonds is 4. The fraction of sp³-hybridized carbons (Fsp3) is 0.727. The van der Waals surface area contributed by atoms with Crippen LogP contribution in [0.5, 0.6) is 0 Å². The number of nitrogens with one attached hydrogen (secondary N) is 2. The molecule has 2 N–H and O–H groups in total. The van der Waals surface area contributed by atoms with Gasteiger partial charge in [-0.2, -0.15) is 0 Å². The molecule has 0 radical (unpaired) electrons. The molecule has 1 aliphatic heterocycles. The SMILES string of the molecule is CC(C)Cc1nnc(NC(=O)C2COCCN2)s1. The highest BCUT2D eigenvalue weighted by molar-refractivity contribution is 7.15. The highest BCUT2D eigenvalue weighted by atomic mass is 32.1. The van der Waals surface area contributed by atoms with Crippen molar-refractivity contribution in [2.45, 2.75) is 26.3 Å². The predicted octanol–water partition coefficient (Wildman–Crippen LogP) is 0.663. The van der Waals surface area contributed by atoms with Gasteiger partial charge in [0.05, 0.1) is 13.2 Å². The summed E-state index contributed by atoms with van der Waals surface area (Å²) in [6.07, 6.45) is 0.887. The van der Waals surface area contributed by atoms with Crippen LogP contribution in [0.4, 0.5) is 5.13 Å². The lowest BCUT2D eigenvalue weighted by atomic mass is 10.1. The van der Waals surface area contributed by atoms with E-state index in [0.29, 0.717) is 30.8 Å². The lowest BCUT2D eigenvalue weighted by Gasteiger charge is -2.22. The van der Waals surface area contributed by atoms with Gasteiger partial charge in [0, 0.05) is 13.0 Å². The number of amides is 1. The van der Waals surface area contributed by atoms with Crippen molar-refractivity contribution >= 4 is 22.4 Å². The van der Waals surface area contributed by atoms with Crippen LogP contribution in [0.2, 0.25) is 0 Å². The molecule has 1 amide bonds. The predicted molar refractivity (Wildman–Crippen MR) is 69.7 cm³/mol. The zero-order valence-electron chi connectivity index (χ0n) is 10.6. The van der Waals surface area contributed by atoms with Crippen LogP contribution in [0.3, 0.4) is 0 Å². The summed E-state index contributed by atoms with van der Waals surface area (Å²) >= 11 is 1.43. The van der Waals surface area contributed by atoms with Crippen molar-refractivity contribution < 1.29 is 9.53 Å². The van der Waals surface area contributed by atoms with Gasteiger partial charge in [-0.25, -0.2) is 0 Å². The zero-order valence-corrected chi connectivity index (χ0v) is 11.4. The highest BCUT2D eigenvalue weighted by Crippen LogP contribution is 2.18. The van der Waals surface area contributed by atoms with E-state index in [0.717, 1.165) is 11.4 Å². The van der Waals surface area contributed by atoms with Gasteiger partial charge in [0.25, 0.3) is 0 Å². The Morgan fingerprint density at radius 3 is 3.11 bits per heavy atom. The first-order valence-corrected chi connectivity index (χ1v) is 6.91. The van der Waals surface area contributed by atoms with Crippen LogP contribution in [-0.2, 0) is 16.0 Å². The summed E-state index contributed by atoms with van der Waals surface area (Å²) in [6, 6.07) is -0.295. The molecule has 1 atom stereocenters. The zero-order chi connectivity index (χ0) is 13.0.